The maximum Gasteiger partial charge on any atom is 0.159 e. The van der Waals surface area contributed by atoms with Crippen molar-refractivity contribution in [2.45, 2.75) is 24.7 Å². The predicted octanol–water partition coefficient (Wildman–Crippen LogP) is 17.7. The van der Waals surface area contributed by atoms with Crippen molar-refractivity contribution in [1.82, 2.24) is 0 Å². The summed E-state index contributed by atoms with van der Waals surface area (Å²) in [6.45, 7) is 4.74. The smallest absolute Gasteiger partial charge is 0.159 e. The fourth-order valence-electron chi connectivity index (χ4n) is 12.6. The molecule has 0 amide bonds. The molecule has 0 fully saturated rings. The maximum absolute atomic E-state index is 6.93. The zero-order valence-corrected chi connectivity index (χ0v) is 37.8. The highest BCUT2D eigenvalue weighted by molar-refractivity contribution is 7.25. The molecule has 1 unspecified atom stereocenters. The van der Waals surface area contributed by atoms with E-state index in [0.29, 0.717) is 0 Å². The van der Waals surface area contributed by atoms with Crippen LogP contribution >= 0.6 is 11.3 Å². The highest BCUT2D eigenvalue weighted by atomic mass is 32.1. The van der Waals surface area contributed by atoms with Crippen LogP contribution in [0.15, 0.2) is 217 Å². The molecule has 3 aliphatic carbocycles. The maximum atomic E-state index is 6.93. The summed E-state index contributed by atoms with van der Waals surface area (Å²) >= 11 is 1.90. The Hall–Kier alpha value is -7.98. The Morgan fingerprint density at radius 2 is 0.881 bits per heavy atom. The van der Waals surface area contributed by atoms with E-state index < -0.39 is 5.41 Å². The van der Waals surface area contributed by atoms with E-state index in [1.165, 1.54) is 98.1 Å². The Morgan fingerprint density at radius 3 is 1.61 bits per heavy atom. The SMILES string of the molecule is CC1(C)c2ccccc2-c2ccc(N(c3ccc4c(c3)C3(c5ccccc5-c5ccccc5-4)c4ccccc4-c4cc5c(cc43)sc3ccccc35)c3cccc4c3oc3ccccc34)cc21. The standard InChI is InChI=1S/C64H41NOS/c1-63(2)52-24-10-5-19-43(52)46-33-31-38(34-55(46)63)65(58-27-15-23-49-47-21-8-13-28-59(47)66-62(49)58)39-30-32-45-41-17-4-3-16-40(41)42-18-6-11-25-53(42)64(56(45)35-39)54-26-12-7-20-44(54)50-36-51-48-22-9-14-29-60(48)67-61(51)37-57(50)64/h3-37H,1-2H3. The number of hydrogen-bond acceptors (Lipinski definition) is 3. The monoisotopic (exact) mass is 871 g/mol. The molecule has 1 atom stereocenters. The summed E-state index contributed by atoms with van der Waals surface area (Å²) < 4.78 is 9.55. The first-order chi connectivity index (χ1) is 33.0. The van der Waals surface area contributed by atoms with Crippen molar-refractivity contribution in [3.05, 3.63) is 246 Å². The zero-order valence-electron chi connectivity index (χ0n) is 37.0. The third-order valence-electron chi connectivity index (χ3n) is 15.5. The van der Waals surface area contributed by atoms with E-state index in [4.69, 9.17) is 4.42 Å². The van der Waals surface area contributed by atoms with E-state index >= 15 is 0 Å². The van der Waals surface area contributed by atoms with E-state index in [1.54, 1.807) is 0 Å². The van der Waals surface area contributed by atoms with Crippen molar-refractivity contribution >= 4 is 70.5 Å². The summed E-state index contributed by atoms with van der Waals surface area (Å²) in [7, 11) is 0. The van der Waals surface area contributed by atoms with Gasteiger partial charge in [0.15, 0.2) is 5.58 Å². The van der Waals surface area contributed by atoms with Crippen molar-refractivity contribution in [2.75, 3.05) is 4.90 Å². The molecule has 3 heteroatoms. The van der Waals surface area contributed by atoms with Crippen LogP contribution in [0.4, 0.5) is 17.1 Å². The van der Waals surface area contributed by atoms with Crippen molar-refractivity contribution in [3.63, 3.8) is 0 Å². The first kappa shape index (κ1) is 37.3. The third kappa shape index (κ3) is 4.84. The molecule has 12 aromatic rings. The lowest BCUT2D eigenvalue weighted by Crippen LogP contribution is -2.29. The minimum Gasteiger partial charge on any atom is -0.454 e. The van der Waals surface area contributed by atoms with Gasteiger partial charge in [0.05, 0.1) is 11.1 Å². The Morgan fingerprint density at radius 1 is 0.358 bits per heavy atom. The van der Waals surface area contributed by atoms with Gasteiger partial charge in [-0.3, -0.25) is 0 Å². The first-order valence-corrected chi connectivity index (χ1v) is 24.1. The largest absolute Gasteiger partial charge is 0.454 e. The molecule has 15 rings (SSSR count). The second-order valence-electron chi connectivity index (χ2n) is 19.1. The van der Waals surface area contributed by atoms with Crippen molar-refractivity contribution in [3.8, 4) is 44.5 Å². The molecule has 2 heterocycles. The van der Waals surface area contributed by atoms with Crippen LogP contribution in [0.25, 0.3) is 86.6 Å². The summed E-state index contributed by atoms with van der Waals surface area (Å²) in [6, 6.07) is 79.8. The normalized spacial score (nSPS) is 15.8. The molecule has 67 heavy (non-hydrogen) atoms. The number of anilines is 3. The fraction of sp³-hybridized carbons (Fsp3) is 0.0625. The van der Waals surface area contributed by atoms with Crippen LogP contribution in [-0.4, -0.2) is 0 Å². The van der Waals surface area contributed by atoms with Crippen LogP contribution in [0.2, 0.25) is 0 Å². The quantitative estimate of drug-likeness (QED) is 0.176. The molecule has 0 bridgehead atoms. The summed E-state index contributed by atoms with van der Waals surface area (Å²) in [5.41, 5.74) is 22.2. The second-order valence-corrected chi connectivity index (χ2v) is 20.2. The molecular formula is C64H41NOS. The first-order valence-electron chi connectivity index (χ1n) is 23.3. The number of thiophene rings is 1. The van der Waals surface area contributed by atoms with Gasteiger partial charge in [0.2, 0.25) is 0 Å². The van der Waals surface area contributed by atoms with Crippen LogP contribution in [0.3, 0.4) is 0 Å². The third-order valence-corrected chi connectivity index (χ3v) is 16.6. The molecule has 0 saturated heterocycles. The average Bonchev–Trinajstić information content (AvgIpc) is 4.07. The van der Waals surface area contributed by atoms with E-state index in [-0.39, 0.29) is 5.41 Å². The number of fused-ring (bicyclic) bond motifs is 21. The van der Waals surface area contributed by atoms with E-state index in [1.807, 2.05) is 11.3 Å². The molecule has 3 aliphatic rings. The van der Waals surface area contributed by atoms with Crippen molar-refractivity contribution in [2.24, 2.45) is 0 Å². The topological polar surface area (TPSA) is 16.4 Å². The molecule has 0 radical (unpaired) electrons. The van der Waals surface area contributed by atoms with Gasteiger partial charge in [0.25, 0.3) is 0 Å². The van der Waals surface area contributed by atoms with Gasteiger partial charge in [-0.1, -0.05) is 172 Å². The number of nitrogens with zero attached hydrogens (tertiary/aromatic N) is 1. The van der Waals surface area contributed by atoms with Crippen molar-refractivity contribution < 1.29 is 4.42 Å². The van der Waals surface area contributed by atoms with Crippen LogP contribution in [-0.2, 0) is 10.8 Å². The number of furan rings is 1. The van der Waals surface area contributed by atoms with Gasteiger partial charge in [-0.05, 0) is 132 Å². The second kappa shape index (κ2) is 13.3. The lowest BCUT2D eigenvalue weighted by molar-refractivity contribution is 0.660. The van der Waals surface area contributed by atoms with E-state index in [9.17, 15) is 0 Å². The fourth-order valence-corrected chi connectivity index (χ4v) is 13.7. The van der Waals surface area contributed by atoms with Crippen LogP contribution in [0, 0.1) is 0 Å². The van der Waals surface area contributed by atoms with Gasteiger partial charge in [-0.15, -0.1) is 11.3 Å². The molecular weight excluding hydrogens is 831 g/mol. The summed E-state index contributed by atoms with van der Waals surface area (Å²) in [6.07, 6.45) is 0. The molecule has 0 N–H and O–H groups in total. The van der Waals surface area contributed by atoms with Gasteiger partial charge in [-0.25, -0.2) is 0 Å². The number of hydrogen-bond donors (Lipinski definition) is 0. The van der Waals surface area contributed by atoms with Gasteiger partial charge in [-0.2, -0.15) is 0 Å². The minimum absolute atomic E-state index is 0.181. The van der Waals surface area contributed by atoms with Crippen LogP contribution in [0.5, 0.6) is 0 Å². The van der Waals surface area contributed by atoms with Gasteiger partial charge in [0.1, 0.15) is 5.58 Å². The summed E-state index contributed by atoms with van der Waals surface area (Å²) in [5.74, 6) is 0. The van der Waals surface area contributed by atoms with Gasteiger partial charge < -0.3 is 9.32 Å². The van der Waals surface area contributed by atoms with Crippen LogP contribution in [0.1, 0.15) is 47.2 Å². The molecule has 1 spiro atoms. The van der Waals surface area contributed by atoms with Gasteiger partial charge in [0, 0.05) is 47.7 Å². The Kier molecular flexibility index (Phi) is 7.41. The number of rotatable bonds is 3. The predicted molar refractivity (Wildman–Crippen MR) is 281 cm³/mol. The molecule has 2 aromatic heterocycles. The molecule has 0 saturated carbocycles. The Bertz CT molecular complexity index is 4110. The lowest BCUT2D eigenvalue weighted by atomic mass is 9.65. The zero-order chi connectivity index (χ0) is 44.2. The molecule has 10 aromatic carbocycles. The molecule has 2 nitrogen and oxygen atoms in total. The van der Waals surface area contributed by atoms with E-state index in [2.05, 4.69) is 231 Å². The Labute approximate surface area is 392 Å². The highest BCUT2D eigenvalue weighted by Crippen LogP contribution is 2.63. The number of para-hydroxylation sites is 2. The molecule has 314 valence electrons. The van der Waals surface area contributed by atoms with Crippen LogP contribution < -0.4 is 4.90 Å². The number of benzene rings is 10. The molecule has 0 aliphatic heterocycles. The highest BCUT2D eigenvalue weighted by Gasteiger charge is 2.50. The minimum atomic E-state index is -0.657. The lowest BCUT2D eigenvalue weighted by Gasteiger charge is -2.36. The summed E-state index contributed by atoms with van der Waals surface area (Å²) in [5, 5.41) is 4.85. The van der Waals surface area contributed by atoms with E-state index in [0.717, 1.165) is 39.0 Å². The average molecular weight is 872 g/mol. The van der Waals surface area contributed by atoms with Crippen molar-refractivity contribution in [1.29, 1.82) is 0 Å². The Balaban J connectivity index is 1.07. The van der Waals surface area contributed by atoms with Gasteiger partial charge >= 0.3 is 0 Å². The summed E-state index contributed by atoms with van der Waals surface area (Å²) in [4.78, 5) is 2.47.